The van der Waals surface area contributed by atoms with E-state index in [1.54, 1.807) is 12.5 Å². The number of aromatic nitrogens is 4. The molecule has 8 nitrogen and oxygen atoms in total. The number of aryl methyl sites for hydroxylation is 1. The van der Waals surface area contributed by atoms with E-state index < -0.39 is 0 Å². The molecule has 1 aliphatic heterocycles. The summed E-state index contributed by atoms with van der Waals surface area (Å²) in [5.74, 6) is 1.37. The molecule has 0 fully saturated rings. The molecule has 0 saturated heterocycles. The van der Waals surface area contributed by atoms with E-state index in [1.165, 1.54) is 16.9 Å². The molecule has 3 N–H and O–H groups in total. The quantitative estimate of drug-likeness (QED) is 0.336. The Balaban J connectivity index is 1.25. The molecule has 1 amide bonds. The van der Waals surface area contributed by atoms with Gasteiger partial charge in [0.2, 0.25) is 0 Å². The average Bonchev–Trinajstić information content (AvgIpc) is 3.39. The lowest BCUT2D eigenvalue weighted by Crippen LogP contribution is -2.24. The second-order valence-corrected chi connectivity index (χ2v) is 11.3. The highest BCUT2D eigenvalue weighted by atomic mass is 32.1. The fraction of sp³-hybridized carbons (Fsp3) is 0.321. The fourth-order valence-corrected chi connectivity index (χ4v) is 5.05. The summed E-state index contributed by atoms with van der Waals surface area (Å²) in [6, 6.07) is 12.2. The Morgan fingerprint density at radius 2 is 1.95 bits per heavy atom. The van der Waals surface area contributed by atoms with Crippen LogP contribution in [0.3, 0.4) is 0 Å². The van der Waals surface area contributed by atoms with Crippen LogP contribution in [0.15, 0.2) is 48.9 Å². The average molecular weight is 514 g/mol. The summed E-state index contributed by atoms with van der Waals surface area (Å²) < 4.78 is 0. The molecule has 0 saturated carbocycles. The number of fused-ring (bicyclic) bond motifs is 1. The van der Waals surface area contributed by atoms with Crippen molar-refractivity contribution < 1.29 is 4.79 Å². The van der Waals surface area contributed by atoms with Gasteiger partial charge in [0.25, 0.3) is 5.91 Å². The molecule has 190 valence electrons. The van der Waals surface area contributed by atoms with Crippen LogP contribution in [0.2, 0.25) is 0 Å². The van der Waals surface area contributed by atoms with Crippen LogP contribution >= 0.6 is 11.3 Å². The largest absolute Gasteiger partial charge is 0.347 e. The van der Waals surface area contributed by atoms with Crippen molar-refractivity contribution in [3.8, 4) is 11.3 Å². The first kappa shape index (κ1) is 25.0. The summed E-state index contributed by atoms with van der Waals surface area (Å²) in [5.41, 5.74) is 6.24. The summed E-state index contributed by atoms with van der Waals surface area (Å²) in [6.45, 7) is 10.6. The first-order chi connectivity index (χ1) is 17.8. The number of nitrogens with zero attached hydrogens (tertiary/aromatic N) is 4. The third-order valence-electron chi connectivity index (χ3n) is 6.29. The summed E-state index contributed by atoms with van der Waals surface area (Å²) in [4.78, 5) is 31.3. The molecule has 1 aromatic carbocycles. The van der Waals surface area contributed by atoms with Crippen molar-refractivity contribution in [1.29, 1.82) is 0 Å². The molecule has 0 spiro atoms. The van der Waals surface area contributed by atoms with Gasteiger partial charge in [0.15, 0.2) is 0 Å². The maximum atomic E-state index is 12.7. The molecule has 9 heteroatoms. The second-order valence-electron chi connectivity index (χ2n) is 10.2. The van der Waals surface area contributed by atoms with Crippen LogP contribution in [0.5, 0.6) is 0 Å². The van der Waals surface area contributed by atoms with Gasteiger partial charge in [0, 0.05) is 48.8 Å². The van der Waals surface area contributed by atoms with Gasteiger partial charge in [0.1, 0.15) is 22.8 Å². The smallest absolute Gasteiger partial charge is 0.263 e. The van der Waals surface area contributed by atoms with E-state index in [0.29, 0.717) is 17.2 Å². The van der Waals surface area contributed by atoms with Crippen LogP contribution < -0.4 is 16.0 Å². The van der Waals surface area contributed by atoms with E-state index in [4.69, 9.17) is 4.98 Å². The minimum Gasteiger partial charge on any atom is -0.347 e. The van der Waals surface area contributed by atoms with Gasteiger partial charge < -0.3 is 16.0 Å². The van der Waals surface area contributed by atoms with Crippen molar-refractivity contribution >= 4 is 28.9 Å². The third-order valence-corrected chi connectivity index (χ3v) is 7.72. The topological polar surface area (TPSA) is 105 Å². The van der Waals surface area contributed by atoms with Gasteiger partial charge in [0.05, 0.1) is 16.9 Å². The van der Waals surface area contributed by atoms with Crippen LogP contribution in [0.25, 0.3) is 11.3 Å². The lowest BCUT2D eigenvalue weighted by atomic mass is 9.98. The zero-order chi connectivity index (χ0) is 26.0. The van der Waals surface area contributed by atoms with Crippen molar-refractivity contribution in [3.63, 3.8) is 0 Å². The predicted molar refractivity (Wildman–Crippen MR) is 147 cm³/mol. The number of benzene rings is 1. The lowest BCUT2D eigenvalue weighted by molar-refractivity contribution is 0.0954. The molecule has 0 radical (unpaired) electrons. The van der Waals surface area contributed by atoms with Gasteiger partial charge in [-0.15, -0.1) is 11.3 Å². The minimum absolute atomic E-state index is 0.0687. The number of pyridine rings is 1. The van der Waals surface area contributed by atoms with Crippen LogP contribution in [0.4, 0.5) is 11.6 Å². The number of amides is 1. The van der Waals surface area contributed by atoms with Crippen molar-refractivity contribution in [1.82, 2.24) is 30.6 Å². The zero-order valence-corrected chi connectivity index (χ0v) is 22.4. The van der Waals surface area contributed by atoms with E-state index in [0.717, 1.165) is 58.4 Å². The Hall–Kier alpha value is -3.69. The van der Waals surface area contributed by atoms with Crippen LogP contribution in [-0.2, 0) is 24.9 Å². The number of hydrogen-bond donors (Lipinski definition) is 3. The molecular formula is C28H31N7OS. The van der Waals surface area contributed by atoms with E-state index in [-0.39, 0.29) is 11.3 Å². The molecule has 0 aliphatic carbocycles. The van der Waals surface area contributed by atoms with E-state index >= 15 is 0 Å². The number of carbonyl (C=O) groups is 1. The SMILES string of the molecule is Cc1cc(-c2cc(Nc3ccc4c(n3)CCNC4)ncn2)ccc1CNC(=O)c1cnc(C(C)(C)C)s1. The predicted octanol–water partition coefficient (Wildman–Crippen LogP) is 4.92. The number of thiazole rings is 1. The monoisotopic (exact) mass is 513 g/mol. The maximum Gasteiger partial charge on any atom is 0.263 e. The number of carbonyl (C=O) groups excluding carboxylic acids is 1. The van der Waals surface area contributed by atoms with E-state index in [1.807, 2.05) is 31.2 Å². The summed E-state index contributed by atoms with van der Waals surface area (Å²) >= 11 is 1.44. The molecule has 37 heavy (non-hydrogen) atoms. The number of anilines is 2. The summed E-state index contributed by atoms with van der Waals surface area (Å²) in [5, 5.41) is 10.7. The zero-order valence-electron chi connectivity index (χ0n) is 21.6. The molecular weight excluding hydrogens is 482 g/mol. The third kappa shape index (κ3) is 5.84. The summed E-state index contributed by atoms with van der Waals surface area (Å²) in [6.07, 6.45) is 4.15. The molecule has 5 rings (SSSR count). The summed E-state index contributed by atoms with van der Waals surface area (Å²) in [7, 11) is 0. The van der Waals surface area contributed by atoms with Crippen molar-refractivity contribution in [2.45, 2.75) is 52.6 Å². The van der Waals surface area contributed by atoms with Gasteiger partial charge in [-0.25, -0.2) is 19.9 Å². The Morgan fingerprint density at radius 1 is 1.08 bits per heavy atom. The molecule has 4 heterocycles. The van der Waals surface area contributed by atoms with Gasteiger partial charge in [-0.2, -0.15) is 0 Å². The highest BCUT2D eigenvalue weighted by Crippen LogP contribution is 2.27. The van der Waals surface area contributed by atoms with Gasteiger partial charge in [-0.3, -0.25) is 4.79 Å². The molecule has 0 bridgehead atoms. The highest BCUT2D eigenvalue weighted by molar-refractivity contribution is 7.13. The van der Waals surface area contributed by atoms with E-state index in [2.05, 4.69) is 63.8 Å². The normalized spacial score (nSPS) is 13.2. The molecule has 4 aromatic rings. The Morgan fingerprint density at radius 3 is 2.73 bits per heavy atom. The van der Waals surface area contributed by atoms with Crippen LogP contribution in [0.1, 0.15) is 57.8 Å². The number of rotatable bonds is 6. The first-order valence-corrected chi connectivity index (χ1v) is 13.2. The van der Waals surface area contributed by atoms with Crippen LogP contribution in [0, 0.1) is 6.92 Å². The molecule has 0 unspecified atom stereocenters. The fourth-order valence-electron chi connectivity index (χ4n) is 4.16. The van der Waals surface area contributed by atoms with Gasteiger partial charge >= 0.3 is 0 Å². The van der Waals surface area contributed by atoms with Gasteiger partial charge in [-0.1, -0.05) is 39.0 Å². The standard InChI is InChI=1S/C28H31N7OS/c1-17-11-18(5-6-19(17)14-30-26(36)23-15-31-27(37-23)28(2,3)4)22-12-25(33-16-32-22)35-24-8-7-20-13-29-10-9-21(20)34-24/h5-8,11-12,15-16,29H,9-10,13-14H2,1-4H3,(H,30,36)(H,32,33,34,35). The van der Waals surface area contributed by atoms with Crippen LogP contribution in [-0.4, -0.2) is 32.4 Å². The second kappa shape index (κ2) is 10.4. The van der Waals surface area contributed by atoms with Gasteiger partial charge in [-0.05, 0) is 35.7 Å². The minimum atomic E-state index is -0.102. The Labute approximate surface area is 221 Å². The van der Waals surface area contributed by atoms with E-state index in [9.17, 15) is 4.79 Å². The molecule has 1 aliphatic rings. The molecule has 0 atom stereocenters. The maximum absolute atomic E-state index is 12.7. The number of hydrogen-bond acceptors (Lipinski definition) is 8. The molecule has 3 aromatic heterocycles. The Bertz CT molecular complexity index is 1440. The van der Waals surface area contributed by atoms with Crippen molar-refractivity contribution in [2.24, 2.45) is 0 Å². The lowest BCUT2D eigenvalue weighted by Gasteiger charge is -2.17. The van der Waals surface area contributed by atoms with Crippen molar-refractivity contribution in [3.05, 3.63) is 81.2 Å². The highest BCUT2D eigenvalue weighted by Gasteiger charge is 2.20. The Kier molecular flexibility index (Phi) is 6.99. The number of nitrogens with one attached hydrogen (secondary N) is 3. The first-order valence-electron chi connectivity index (χ1n) is 12.4. The van der Waals surface area contributed by atoms with Crippen molar-refractivity contribution in [2.75, 3.05) is 11.9 Å².